The Bertz CT molecular complexity index is 677. The molecule has 0 aliphatic rings. The molecule has 6 nitrogen and oxygen atoms in total. The number of rotatable bonds is 5. The number of anilines is 1. The summed E-state index contributed by atoms with van der Waals surface area (Å²) in [5.74, 6) is -1.21. The number of amides is 1. The van der Waals surface area contributed by atoms with Gasteiger partial charge in [-0.05, 0) is 43.2 Å². The van der Waals surface area contributed by atoms with Crippen LogP contribution in [0.2, 0.25) is 0 Å². The third-order valence-electron chi connectivity index (χ3n) is 3.22. The lowest BCUT2D eigenvalue weighted by atomic mass is 10.1. The first-order valence-corrected chi connectivity index (χ1v) is 6.59. The van der Waals surface area contributed by atoms with Crippen molar-refractivity contribution in [1.82, 2.24) is 9.78 Å². The van der Waals surface area contributed by atoms with Crippen LogP contribution in [0.1, 0.15) is 28.0 Å². The average molecular weight is 287 g/mol. The van der Waals surface area contributed by atoms with Crippen LogP contribution in [-0.4, -0.2) is 26.8 Å². The molecule has 0 fully saturated rings. The molecule has 0 bridgehead atoms. The summed E-state index contributed by atoms with van der Waals surface area (Å²) in [6, 6.07) is 7.14. The topological polar surface area (TPSA) is 84.2 Å². The summed E-state index contributed by atoms with van der Waals surface area (Å²) in [6.07, 6.45) is 1.78. The molecule has 0 atom stereocenters. The molecule has 2 N–H and O–H groups in total. The van der Waals surface area contributed by atoms with Crippen molar-refractivity contribution in [2.75, 3.05) is 5.32 Å². The number of carbonyl (C=O) groups is 2. The third-order valence-corrected chi connectivity index (χ3v) is 3.22. The van der Waals surface area contributed by atoms with Crippen LogP contribution in [-0.2, 0) is 11.3 Å². The molecule has 0 spiro atoms. The molecule has 1 heterocycles. The van der Waals surface area contributed by atoms with Gasteiger partial charge in [-0.2, -0.15) is 5.10 Å². The van der Waals surface area contributed by atoms with Crippen LogP contribution in [0.3, 0.4) is 0 Å². The molecule has 110 valence electrons. The SMILES string of the molecule is Cc1ccc(NC(=O)CCn2ccc(C(=O)O)n2)cc1C. The van der Waals surface area contributed by atoms with Gasteiger partial charge in [-0.15, -0.1) is 0 Å². The molecule has 0 saturated carbocycles. The van der Waals surface area contributed by atoms with Gasteiger partial charge in [0, 0.05) is 24.8 Å². The molecule has 21 heavy (non-hydrogen) atoms. The zero-order valence-corrected chi connectivity index (χ0v) is 12.0. The predicted octanol–water partition coefficient (Wildman–Crippen LogP) is 2.23. The van der Waals surface area contributed by atoms with E-state index in [4.69, 9.17) is 5.11 Å². The van der Waals surface area contributed by atoms with Gasteiger partial charge in [-0.1, -0.05) is 6.07 Å². The van der Waals surface area contributed by atoms with Crippen LogP contribution < -0.4 is 5.32 Å². The second-order valence-electron chi connectivity index (χ2n) is 4.87. The van der Waals surface area contributed by atoms with Crippen molar-refractivity contribution < 1.29 is 14.7 Å². The van der Waals surface area contributed by atoms with Gasteiger partial charge < -0.3 is 10.4 Å². The molecule has 2 rings (SSSR count). The van der Waals surface area contributed by atoms with Gasteiger partial charge >= 0.3 is 5.97 Å². The van der Waals surface area contributed by atoms with Gasteiger partial charge in [0.2, 0.25) is 5.91 Å². The van der Waals surface area contributed by atoms with Crippen molar-refractivity contribution in [3.05, 3.63) is 47.3 Å². The van der Waals surface area contributed by atoms with Gasteiger partial charge in [0.25, 0.3) is 0 Å². The smallest absolute Gasteiger partial charge is 0.356 e. The normalized spacial score (nSPS) is 10.4. The van der Waals surface area contributed by atoms with Gasteiger partial charge in [0.1, 0.15) is 0 Å². The largest absolute Gasteiger partial charge is 0.476 e. The first kappa shape index (κ1) is 14.8. The van der Waals surface area contributed by atoms with Crippen molar-refractivity contribution in [1.29, 1.82) is 0 Å². The first-order valence-electron chi connectivity index (χ1n) is 6.59. The molecule has 1 aromatic heterocycles. The Morgan fingerprint density at radius 2 is 2.00 bits per heavy atom. The van der Waals surface area contributed by atoms with E-state index in [1.165, 1.54) is 16.3 Å². The third kappa shape index (κ3) is 3.92. The number of aromatic nitrogens is 2. The van der Waals surface area contributed by atoms with E-state index in [1.807, 2.05) is 32.0 Å². The number of hydrogen-bond acceptors (Lipinski definition) is 3. The summed E-state index contributed by atoms with van der Waals surface area (Å²) in [5.41, 5.74) is 3.02. The van der Waals surface area contributed by atoms with Crippen LogP contribution in [0, 0.1) is 13.8 Å². The monoisotopic (exact) mass is 287 g/mol. The summed E-state index contributed by atoms with van der Waals surface area (Å²) in [4.78, 5) is 22.6. The standard InChI is InChI=1S/C15H17N3O3/c1-10-3-4-12(9-11(10)2)16-14(19)6-8-18-7-5-13(17-18)15(20)21/h3-5,7,9H,6,8H2,1-2H3,(H,16,19)(H,20,21). The van der Waals surface area contributed by atoms with Gasteiger partial charge in [-0.3, -0.25) is 9.48 Å². The zero-order chi connectivity index (χ0) is 15.4. The number of carboxylic acid groups (broad SMARTS) is 1. The summed E-state index contributed by atoms with van der Waals surface area (Å²) in [5, 5.41) is 15.4. The summed E-state index contributed by atoms with van der Waals surface area (Å²) >= 11 is 0. The minimum Gasteiger partial charge on any atom is -0.476 e. The van der Waals surface area contributed by atoms with Crippen LogP contribution in [0.25, 0.3) is 0 Å². The molecular formula is C15H17N3O3. The highest BCUT2D eigenvalue weighted by molar-refractivity contribution is 5.90. The molecule has 0 saturated heterocycles. The van der Waals surface area contributed by atoms with Crippen LogP contribution in [0.4, 0.5) is 5.69 Å². The van der Waals surface area contributed by atoms with E-state index in [0.717, 1.165) is 11.3 Å². The Morgan fingerprint density at radius 1 is 1.24 bits per heavy atom. The Morgan fingerprint density at radius 3 is 2.62 bits per heavy atom. The van der Waals surface area contributed by atoms with Crippen LogP contribution in [0.5, 0.6) is 0 Å². The highest BCUT2D eigenvalue weighted by atomic mass is 16.4. The number of aromatic carboxylic acids is 1. The molecule has 1 aromatic carbocycles. The molecule has 0 aliphatic carbocycles. The van der Waals surface area contributed by atoms with E-state index >= 15 is 0 Å². The molecular weight excluding hydrogens is 270 g/mol. The van der Waals surface area contributed by atoms with Gasteiger partial charge in [0.15, 0.2) is 5.69 Å². The maximum absolute atomic E-state index is 11.9. The maximum atomic E-state index is 11.9. The summed E-state index contributed by atoms with van der Waals surface area (Å²) in [6.45, 7) is 4.34. The summed E-state index contributed by atoms with van der Waals surface area (Å²) in [7, 11) is 0. The van der Waals surface area contributed by atoms with E-state index in [0.29, 0.717) is 6.54 Å². The van der Waals surface area contributed by atoms with Gasteiger partial charge in [0.05, 0.1) is 0 Å². The lowest BCUT2D eigenvalue weighted by Gasteiger charge is -2.07. The highest BCUT2D eigenvalue weighted by Crippen LogP contribution is 2.14. The number of benzene rings is 1. The Labute approximate surface area is 122 Å². The second-order valence-corrected chi connectivity index (χ2v) is 4.87. The number of nitrogens with zero attached hydrogens (tertiary/aromatic N) is 2. The Kier molecular flexibility index (Phi) is 4.37. The highest BCUT2D eigenvalue weighted by Gasteiger charge is 2.08. The van der Waals surface area contributed by atoms with Crippen LogP contribution >= 0.6 is 0 Å². The molecule has 1 amide bonds. The quantitative estimate of drug-likeness (QED) is 0.883. The zero-order valence-electron chi connectivity index (χ0n) is 12.0. The van der Waals surface area contributed by atoms with E-state index < -0.39 is 5.97 Å². The number of carbonyl (C=O) groups excluding carboxylic acids is 1. The van der Waals surface area contributed by atoms with E-state index in [-0.39, 0.29) is 18.0 Å². The second kappa shape index (κ2) is 6.21. The Balaban J connectivity index is 1.89. The number of hydrogen-bond donors (Lipinski definition) is 2. The Hall–Kier alpha value is -2.63. The number of nitrogens with one attached hydrogen (secondary N) is 1. The lowest BCUT2D eigenvalue weighted by Crippen LogP contribution is -2.15. The van der Waals surface area contributed by atoms with E-state index in [2.05, 4.69) is 10.4 Å². The maximum Gasteiger partial charge on any atom is 0.356 e. The fourth-order valence-electron chi connectivity index (χ4n) is 1.86. The molecule has 2 aromatic rings. The van der Waals surface area contributed by atoms with Crippen LogP contribution in [0.15, 0.2) is 30.5 Å². The first-order chi connectivity index (χ1) is 9.95. The van der Waals surface area contributed by atoms with Crippen molar-refractivity contribution in [3.8, 4) is 0 Å². The number of carboxylic acids is 1. The van der Waals surface area contributed by atoms with E-state index in [9.17, 15) is 9.59 Å². The average Bonchev–Trinajstić information content (AvgIpc) is 2.90. The van der Waals surface area contributed by atoms with E-state index in [1.54, 1.807) is 6.20 Å². The van der Waals surface area contributed by atoms with Crippen molar-refractivity contribution >= 4 is 17.6 Å². The fourth-order valence-corrected chi connectivity index (χ4v) is 1.86. The van der Waals surface area contributed by atoms with Crippen molar-refractivity contribution in [3.63, 3.8) is 0 Å². The summed E-state index contributed by atoms with van der Waals surface area (Å²) < 4.78 is 1.45. The molecule has 0 radical (unpaired) electrons. The minimum absolute atomic E-state index is 0.0235. The molecule has 0 unspecified atom stereocenters. The lowest BCUT2D eigenvalue weighted by molar-refractivity contribution is -0.116. The number of aryl methyl sites for hydroxylation is 3. The predicted molar refractivity (Wildman–Crippen MR) is 78.3 cm³/mol. The fraction of sp³-hybridized carbons (Fsp3) is 0.267. The van der Waals surface area contributed by atoms with Crippen molar-refractivity contribution in [2.45, 2.75) is 26.8 Å². The molecule has 6 heteroatoms. The van der Waals surface area contributed by atoms with Gasteiger partial charge in [-0.25, -0.2) is 4.79 Å². The minimum atomic E-state index is -1.08. The molecule has 0 aliphatic heterocycles. The van der Waals surface area contributed by atoms with Crippen molar-refractivity contribution in [2.24, 2.45) is 0 Å².